The topological polar surface area (TPSA) is 59.9 Å². The van der Waals surface area contributed by atoms with Crippen LogP contribution in [0.3, 0.4) is 0 Å². The largest absolute Gasteiger partial charge is 0.494 e. The molecule has 0 unspecified atom stereocenters. The number of pyridine rings is 1. The zero-order valence-electron chi connectivity index (χ0n) is 9.84. The Kier molecular flexibility index (Phi) is 3.49. The number of methoxy groups -OCH3 is 1. The molecular formula is C12H14N4O. The maximum absolute atomic E-state index is 4.99. The smallest absolute Gasteiger partial charge is 0.223 e. The Hall–Kier alpha value is -2.17. The van der Waals surface area contributed by atoms with Crippen LogP contribution >= 0.6 is 0 Å². The summed E-state index contributed by atoms with van der Waals surface area (Å²) in [6.45, 7) is 2.64. The second-order valence-corrected chi connectivity index (χ2v) is 3.57. The maximum Gasteiger partial charge on any atom is 0.223 e. The highest BCUT2D eigenvalue weighted by Gasteiger charge is 2.00. The van der Waals surface area contributed by atoms with Gasteiger partial charge in [0, 0.05) is 6.20 Å². The van der Waals surface area contributed by atoms with Crippen LogP contribution in [0.2, 0.25) is 0 Å². The molecule has 2 aromatic heterocycles. The highest BCUT2D eigenvalue weighted by Crippen LogP contribution is 2.09. The van der Waals surface area contributed by atoms with Crippen LogP contribution in [0.1, 0.15) is 11.3 Å². The summed E-state index contributed by atoms with van der Waals surface area (Å²) in [4.78, 5) is 12.5. The highest BCUT2D eigenvalue weighted by atomic mass is 16.5. The molecule has 0 radical (unpaired) electrons. The van der Waals surface area contributed by atoms with Crippen molar-refractivity contribution in [2.45, 2.75) is 13.5 Å². The molecule has 0 atom stereocenters. The van der Waals surface area contributed by atoms with Crippen molar-refractivity contribution in [2.75, 3.05) is 12.4 Å². The van der Waals surface area contributed by atoms with E-state index in [9.17, 15) is 0 Å². The zero-order valence-corrected chi connectivity index (χ0v) is 9.84. The molecule has 0 aromatic carbocycles. The first-order valence-electron chi connectivity index (χ1n) is 5.30. The summed E-state index contributed by atoms with van der Waals surface area (Å²) in [7, 11) is 1.59. The molecule has 2 rings (SSSR count). The molecule has 88 valence electrons. The number of anilines is 1. The van der Waals surface area contributed by atoms with E-state index in [2.05, 4.69) is 20.3 Å². The number of nitrogens with zero attached hydrogens (tertiary/aromatic N) is 3. The van der Waals surface area contributed by atoms with Gasteiger partial charge in [-0.3, -0.25) is 4.98 Å². The Bertz CT molecular complexity index is 484. The van der Waals surface area contributed by atoms with Gasteiger partial charge in [-0.1, -0.05) is 6.07 Å². The second kappa shape index (κ2) is 5.25. The lowest BCUT2D eigenvalue weighted by atomic mass is 10.2. The predicted octanol–water partition coefficient (Wildman–Crippen LogP) is 1.80. The van der Waals surface area contributed by atoms with Gasteiger partial charge in [0.15, 0.2) is 5.75 Å². The molecule has 0 aliphatic carbocycles. The highest BCUT2D eigenvalue weighted by molar-refractivity contribution is 5.29. The van der Waals surface area contributed by atoms with Gasteiger partial charge in [-0.05, 0) is 18.6 Å². The van der Waals surface area contributed by atoms with Crippen molar-refractivity contribution in [3.8, 4) is 5.75 Å². The first kappa shape index (κ1) is 11.3. The average Bonchev–Trinajstić information content (AvgIpc) is 2.38. The number of aromatic nitrogens is 3. The molecule has 0 saturated carbocycles. The normalized spacial score (nSPS) is 10.0. The molecular weight excluding hydrogens is 216 g/mol. The van der Waals surface area contributed by atoms with Crippen LogP contribution in [0.4, 0.5) is 5.95 Å². The van der Waals surface area contributed by atoms with E-state index in [1.54, 1.807) is 25.7 Å². The monoisotopic (exact) mass is 230 g/mol. The molecule has 17 heavy (non-hydrogen) atoms. The molecule has 0 fully saturated rings. The molecule has 0 spiro atoms. The van der Waals surface area contributed by atoms with Crippen molar-refractivity contribution in [2.24, 2.45) is 0 Å². The number of nitrogens with one attached hydrogen (secondary N) is 1. The van der Waals surface area contributed by atoms with Crippen LogP contribution in [-0.2, 0) is 6.54 Å². The van der Waals surface area contributed by atoms with E-state index in [0.717, 1.165) is 11.3 Å². The van der Waals surface area contributed by atoms with E-state index in [1.807, 2.05) is 19.1 Å². The minimum atomic E-state index is 0.566. The minimum absolute atomic E-state index is 0.566. The van der Waals surface area contributed by atoms with Gasteiger partial charge in [0.05, 0.1) is 31.7 Å². The van der Waals surface area contributed by atoms with Crippen LogP contribution in [0.15, 0.2) is 30.7 Å². The summed E-state index contributed by atoms with van der Waals surface area (Å²) >= 11 is 0. The number of rotatable bonds is 4. The fourth-order valence-electron chi connectivity index (χ4n) is 1.38. The van der Waals surface area contributed by atoms with Crippen LogP contribution in [0.25, 0.3) is 0 Å². The molecule has 5 heteroatoms. The SMILES string of the molecule is COc1cnc(NCc2ncccc2C)nc1. The van der Waals surface area contributed by atoms with E-state index in [0.29, 0.717) is 18.2 Å². The standard InChI is InChI=1S/C12H14N4O/c1-9-4-3-5-13-11(9)8-16-12-14-6-10(17-2)7-15-12/h3-7H,8H2,1-2H3,(H,14,15,16). The number of hydrogen-bond acceptors (Lipinski definition) is 5. The summed E-state index contributed by atoms with van der Waals surface area (Å²) < 4.78 is 4.99. The minimum Gasteiger partial charge on any atom is -0.494 e. The summed E-state index contributed by atoms with van der Waals surface area (Å²) in [6, 6.07) is 3.95. The van der Waals surface area contributed by atoms with Gasteiger partial charge >= 0.3 is 0 Å². The lowest BCUT2D eigenvalue weighted by Gasteiger charge is -2.06. The lowest BCUT2D eigenvalue weighted by Crippen LogP contribution is -2.06. The molecule has 0 amide bonds. The van der Waals surface area contributed by atoms with E-state index >= 15 is 0 Å². The molecule has 0 aliphatic rings. The van der Waals surface area contributed by atoms with Crippen molar-refractivity contribution >= 4 is 5.95 Å². The van der Waals surface area contributed by atoms with Gasteiger partial charge in [0.1, 0.15) is 0 Å². The van der Waals surface area contributed by atoms with Crippen LogP contribution in [0, 0.1) is 6.92 Å². The summed E-state index contributed by atoms with van der Waals surface area (Å²) in [5, 5.41) is 3.11. The van der Waals surface area contributed by atoms with Gasteiger partial charge in [-0.25, -0.2) is 9.97 Å². The third kappa shape index (κ3) is 2.90. The van der Waals surface area contributed by atoms with Crippen molar-refractivity contribution < 1.29 is 4.74 Å². The van der Waals surface area contributed by atoms with E-state index in [4.69, 9.17) is 4.74 Å². The molecule has 0 aliphatic heterocycles. The average molecular weight is 230 g/mol. The van der Waals surface area contributed by atoms with Crippen molar-refractivity contribution in [3.63, 3.8) is 0 Å². The number of aryl methyl sites for hydroxylation is 1. The Morgan fingerprint density at radius 2 is 2.00 bits per heavy atom. The predicted molar refractivity (Wildman–Crippen MR) is 64.9 cm³/mol. The first-order valence-corrected chi connectivity index (χ1v) is 5.30. The zero-order chi connectivity index (χ0) is 12.1. The van der Waals surface area contributed by atoms with Gasteiger partial charge in [-0.15, -0.1) is 0 Å². The van der Waals surface area contributed by atoms with Gasteiger partial charge in [0.2, 0.25) is 5.95 Å². The molecule has 2 heterocycles. The second-order valence-electron chi connectivity index (χ2n) is 3.57. The first-order chi connectivity index (χ1) is 8.29. The maximum atomic E-state index is 4.99. The Morgan fingerprint density at radius 1 is 1.24 bits per heavy atom. The molecule has 2 aromatic rings. The van der Waals surface area contributed by atoms with Crippen LogP contribution in [0.5, 0.6) is 5.75 Å². The fourth-order valence-corrected chi connectivity index (χ4v) is 1.38. The van der Waals surface area contributed by atoms with E-state index in [-0.39, 0.29) is 0 Å². The molecule has 0 bridgehead atoms. The van der Waals surface area contributed by atoms with Crippen molar-refractivity contribution in [1.82, 2.24) is 15.0 Å². The van der Waals surface area contributed by atoms with Crippen LogP contribution in [-0.4, -0.2) is 22.1 Å². The van der Waals surface area contributed by atoms with E-state index < -0.39 is 0 Å². The van der Waals surface area contributed by atoms with Gasteiger partial charge in [0.25, 0.3) is 0 Å². The van der Waals surface area contributed by atoms with Crippen molar-refractivity contribution in [1.29, 1.82) is 0 Å². The third-order valence-electron chi connectivity index (χ3n) is 2.40. The van der Waals surface area contributed by atoms with Crippen molar-refractivity contribution in [3.05, 3.63) is 42.0 Å². The third-order valence-corrected chi connectivity index (χ3v) is 2.40. The Labute approximate surface area is 99.9 Å². The number of ether oxygens (including phenoxy) is 1. The lowest BCUT2D eigenvalue weighted by molar-refractivity contribution is 0.411. The summed E-state index contributed by atoms with van der Waals surface area (Å²) in [5.41, 5.74) is 2.14. The summed E-state index contributed by atoms with van der Waals surface area (Å²) in [6.07, 6.45) is 5.03. The Balaban J connectivity index is 2.00. The Morgan fingerprint density at radius 3 is 2.65 bits per heavy atom. The number of hydrogen-bond donors (Lipinski definition) is 1. The molecule has 0 saturated heterocycles. The molecule has 1 N–H and O–H groups in total. The van der Waals surface area contributed by atoms with E-state index in [1.165, 1.54) is 0 Å². The van der Waals surface area contributed by atoms with Crippen LogP contribution < -0.4 is 10.1 Å². The van der Waals surface area contributed by atoms with Gasteiger partial charge in [-0.2, -0.15) is 0 Å². The summed E-state index contributed by atoms with van der Waals surface area (Å²) in [5.74, 6) is 1.21. The quantitative estimate of drug-likeness (QED) is 0.867. The molecule has 5 nitrogen and oxygen atoms in total. The van der Waals surface area contributed by atoms with Gasteiger partial charge < -0.3 is 10.1 Å². The fraction of sp³-hybridized carbons (Fsp3) is 0.250.